The summed E-state index contributed by atoms with van der Waals surface area (Å²) in [4.78, 5) is 0. The highest BCUT2D eigenvalue weighted by atomic mass is 19.1. The molecule has 3 unspecified atom stereocenters. The zero-order valence-corrected chi connectivity index (χ0v) is 11.9. The molecule has 19 heavy (non-hydrogen) atoms. The summed E-state index contributed by atoms with van der Waals surface area (Å²) in [5.41, 5.74) is -1.07. The molecule has 3 atom stereocenters. The molecular weight excluding hydrogens is 245 g/mol. The Hall–Kier alpha value is -0.190. The fraction of sp³-hybridized carbons (Fsp3) is 1.00. The van der Waals surface area contributed by atoms with Gasteiger partial charge in [-0.3, -0.25) is 0 Å². The van der Waals surface area contributed by atoms with E-state index in [9.17, 15) is 0 Å². The normalized spacial score (nSPS) is 37.6. The summed E-state index contributed by atoms with van der Waals surface area (Å²) in [6.07, 6.45) is 5.84. The summed E-state index contributed by atoms with van der Waals surface area (Å²) in [5, 5.41) is 3.37. The van der Waals surface area contributed by atoms with Crippen molar-refractivity contribution in [3.63, 3.8) is 0 Å². The van der Waals surface area contributed by atoms with Crippen LogP contribution in [0.2, 0.25) is 0 Å². The first-order valence-corrected chi connectivity index (χ1v) is 7.74. The number of hydrogen-bond donors (Lipinski definition) is 1. The number of ether oxygens (including phenoxy) is 2. The van der Waals surface area contributed by atoms with Crippen LogP contribution in [0.15, 0.2) is 0 Å². The Morgan fingerprint density at radius 1 is 1.37 bits per heavy atom. The fourth-order valence-corrected chi connectivity index (χ4v) is 3.86. The Balaban J connectivity index is 1.58. The van der Waals surface area contributed by atoms with Crippen LogP contribution in [0.4, 0.5) is 4.39 Å². The van der Waals surface area contributed by atoms with Gasteiger partial charge in [0, 0.05) is 19.2 Å². The zero-order chi connectivity index (χ0) is 13.3. The van der Waals surface area contributed by atoms with Crippen LogP contribution in [-0.4, -0.2) is 43.7 Å². The van der Waals surface area contributed by atoms with Crippen LogP contribution >= 0.6 is 0 Å². The van der Waals surface area contributed by atoms with Gasteiger partial charge in [0.15, 0.2) is 0 Å². The molecule has 0 aromatic heterocycles. The predicted molar refractivity (Wildman–Crippen MR) is 72.0 cm³/mol. The second-order valence-corrected chi connectivity index (χ2v) is 6.78. The van der Waals surface area contributed by atoms with Crippen LogP contribution in [0.5, 0.6) is 0 Å². The molecule has 1 saturated carbocycles. The molecule has 2 aliphatic heterocycles. The lowest BCUT2D eigenvalue weighted by atomic mass is 9.67. The number of hydrogen-bond acceptors (Lipinski definition) is 3. The topological polar surface area (TPSA) is 30.5 Å². The predicted octanol–water partition coefficient (Wildman–Crippen LogP) is 2.44. The van der Waals surface area contributed by atoms with E-state index in [1.807, 2.05) is 0 Å². The van der Waals surface area contributed by atoms with E-state index in [1.54, 1.807) is 6.92 Å². The van der Waals surface area contributed by atoms with Crippen molar-refractivity contribution in [3.05, 3.63) is 0 Å². The second kappa shape index (κ2) is 5.30. The summed E-state index contributed by atoms with van der Waals surface area (Å²) >= 11 is 0. The maximum atomic E-state index is 15.1. The minimum absolute atomic E-state index is 0.0345. The van der Waals surface area contributed by atoms with Crippen LogP contribution in [0, 0.1) is 5.92 Å². The lowest BCUT2D eigenvalue weighted by Gasteiger charge is -2.50. The maximum absolute atomic E-state index is 15.1. The first kappa shape index (κ1) is 13.8. The van der Waals surface area contributed by atoms with Gasteiger partial charge in [-0.25, -0.2) is 4.39 Å². The van der Waals surface area contributed by atoms with Gasteiger partial charge in [-0.2, -0.15) is 0 Å². The molecule has 0 aromatic carbocycles. The molecule has 1 spiro atoms. The largest absolute Gasteiger partial charge is 0.379 e. The maximum Gasteiger partial charge on any atom is 0.112 e. The van der Waals surface area contributed by atoms with E-state index in [0.717, 1.165) is 45.4 Å². The highest BCUT2D eigenvalue weighted by Crippen LogP contribution is 2.48. The van der Waals surface area contributed by atoms with E-state index in [-0.39, 0.29) is 17.6 Å². The Kier molecular flexibility index (Phi) is 3.84. The highest BCUT2D eigenvalue weighted by molar-refractivity contribution is 4.99. The van der Waals surface area contributed by atoms with Crippen LogP contribution in [0.25, 0.3) is 0 Å². The number of halogens is 1. The summed E-state index contributed by atoms with van der Waals surface area (Å²) in [6.45, 7) is 4.76. The fourth-order valence-electron chi connectivity index (χ4n) is 3.86. The summed E-state index contributed by atoms with van der Waals surface area (Å²) in [5.74, 6) is 0.144. The molecule has 0 radical (unpaired) electrons. The molecule has 3 rings (SSSR count). The van der Waals surface area contributed by atoms with Crippen molar-refractivity contribution < 1.29 is 13.9 Å². The van der Waals surface area contributed by atoms with Gasteiger partial charge in [0.2, 0.25) is 0 Å². The van der Waals surface area contributed by atoms with Crippen molar-refractivity contribution in [2.45, 2.75) is 62.8 Å². The van der Waals surface area contributed by atoms with E-state index in [2.05, 4.69) is 5.32 Å². The third kappa shape index (κ3) is 2.96. The van der Waals surface area contributed by atoms with Gasteiger partial charge < -0.3 is 14.8 Å². The van der Waals surface area contributed by atoms with Crippen LogP contribution in [0.1, 0.15) is 45.4 Å². The standard InChI is InChI=1S/C15H26FNO2/c1-14(16,10-13-11-18-8-6-17-13)12-3-7-19-15(9-12)4-2-5-15/h12-13,17H,2-11H2,1H3. The molecule has 3 fully saturated rings. The number of alkyl halides is 1. The summed E-state index contributed by atoms with van der Waals surface area (Å²) < 4.78 is 26.5. The molecule has 2 saturated heterocycles. The van der Waals surface area contributed by atoms with Gasteiger partial charge in [0.25, 0.3) is 0 Å². The molecule has 0 amide bonds. The number of rotatable bonds is 3. The van der Waals surface area contributed by atoms with Crippen LogP contribution in [-0.2, 0) is 9.47 Å². The second-order valence-electron chi connectivity index (χ2n) is 6.78. The molecule has 1 N–H and O–H groups in total. The van der Waals surface area contributed by atoms with Crippen LogP contribution < -0.4 is 5.32 Å². The highest BCUT2D eigenvalue weighted by Gasteiger charge is 2.48. The SMILES string of the molecule is CC(F)(CC1COCCN1)C1CCOC2(CCC2)C1. The van der Waals surface area contributed by atoms with Crippen molar-refractivity contribution in [1.29, 1.82) is 0 Å². The van der Waals surface area contributed by atoms with Crippen molar-refractivity contribution in [3.8, 4) is 0 Å². The van der Waals surface area contributed by atoms with E-state index in [4.69, 9.17) is 9.47 Å². The molecule has 3 aliphatic rings. The molecule has 4 heteroatoms. The molecular formula is C15H26FNO2. The third-order valence-electron chi connectivity index (χ3n) is 5.25. The molecule has 110 valence electrons. The average molecular weight is 271 g/mol. The minimum Gasteiger partial charge on any atom is -0.379 e. The van der Waals surface area contributed by atoms with Gasteiger partial charge in [-0.1, -0.05) is 0 Å². The molecule has 0 bridgehead atoms. The van der Waals surface area contributed by atoms with Crippen LogP contribution in [0.3, 0.4) is 0 Å². The average Bonchev–Trinajstić information content (AvgIpc) is 2.38. The van der Waals surface area contributed by atoms with E-state index in [1.165, 1.54) is 6.42 Å². The first-order chi connectivity index (χ1) is 9.10. The first-order valence-electron chi connectivity index (χ1n) is 7.74. The summed E-state index contributed by atoms with van der Waals surface area (Å²) in [7, 11) is 0. The lowest BCUT2D eigenvalue weighted by molar-refractivity contribution is -0.163. The van der Waals surface area contributed by atoms with Gasteiger partial charge >= 0.3 is 0 Å². The van der Waals surface area contributed by atoms with Crippen molar-refractivity contribution in [2.24, 2.45) is 5.92 Å². The Labute approximate surface area is 115 Å². The monoisotopic (exact) mass is 271 g/mol. The molecule has 0 aromatic rings. The van der Waals surface area contributed by atoms with Crippen molar-refractivity contribution >= 4 is 0 Å². The smallest absolute Gasteiger partial charge is 0.112 e. The summed E-state index contributed by atoms with van der Waals surface area (Å²) in [6, 6.07) is 0.170. The number of nitrogens with one attached hydrogen (secondary N) is 1. The van der Waals surface area contributed by atoms with Crippen molar-refractivity contribution in [1.82, 2.24) is 5.32 Å². The van der Waals surface area contributed by atoms with Gasteiger partial charge in [-0.05, 0) is 51.4 Å². The minimum atomic E-state index is -1.11. The zero-order valence-electron chi connectivity index (χ0n) is 11.9. The van der Waals surface area contributed by atoms with Gasteiger partial charge in [0.1, 0.15) is 5.67 Å². The van der Waals surface area contributed by atoms with Gasteiger partial charge in [-0.15, -0.1) is 0 Å². The van der Waals surface area contributed by atoms with E-state index >= 15 is 4.39 Å². The molecule has 2 heterocycles. The Morgan fingerprint density at radius 3 is 2.84 bits per heavy atom. The quantitative estimate of drug-likeness (QED) is 0.855. The Morgan fingerprint density at radius 2 is 2.21 bits per heavy atom. The van der Waals surface area contributed by atoms with Crippen molar-refractivity contribution in [2.75, 3.05) is 26.4 Å². The molecule has 3 nitrogen and oxygen atoms in total. The third-order valence-corrected chi connectivity index (χ3v) is 5.25. The number of morpholine rings is 1. The Bertz CT molecular complexity index is 311. The van der Waals surface area contributed by atoms with E-state index < -0.39 is 5.67 Å². The van der Waals surface area contributed by atoms with Gasteiger partial charge in [0.05, 0.1) is 18.8 Å². The molecule has 1 aliphatic carbocycles. The lowest BCUT2D eigenvalue weighted by Crippen LogP contribution is -2.52. The van der Waals surface area contributed by atoms with E-state index in [0.29, 0.717) is 13.0 Å².